The highest BCUT2D eigenvalue weighted by Crippen LogP contribution is 2.21. The monoisotopic (exact) mass is 543 g/mol. The van der Waals surface area contributed by atoms with E-state index in [1.165, 1.54) is 0 Å². The number of carbonyl (C=O) groups is 4. The number of hydrogen-bond donors (Lipinski definition) is 5. The van der Waals surface area contributed by atoms with Crippen LogP contribution in [-0.4, -0.2) is 161 Å². The van der Waals surface area contributed by atoms with E-state index in [1.54, 1.807) is 19.6 Å². The van der Waals surface area contributed by atoms with Crippen LogP contribution in [0.15, 0.2) is 12.3 Å². The van der Waals surface area contributed by atoms with E-state index in [0.717, 1.165) is 5.70 Å². The summed E-state index contributed by atoms with van der Waals surface area (Å²) in [5, 5.41) is 41.3. The van der Waals surface area contributed by atoms with Gasteiger partial charge in [0.15, 0.2) is 0 Å². The molecule has 0 aromatic heterocycles. The maximum atomic E-state index is 12.3. The van der Waals surface area contributed by atoms with Gasteiger partial charge in [0, 0.05) is 58.1 Å². The van der Waals surface area contributed by atoms with Crippen molar-refractivity contribution in [1.29, 1.82) is 0 Å². The van der Waals surface area contributed by atoms with Crippen molar-refractivity contribution in [3.8, 4) is 0 Å². The third kappa shape index (κ3) is 11.3. The molecule has 0 aliphatic carbocycles. The average Bonchev–Trinajstić information content (AvgIpc) is 2.79. The van der Waals surface area contributed by atoms with Gasteiger partial charge < -0.3 is 30.5 Å². The summed E-state index contributed by atoms with van der Waals surface area (Å²) in [6.07, 6.45) is 0.659. The van der Waals surface area contributed by atoms with Crippen LogP contribution in [0.2, 0.25) is 0 Å². The highest BCUT2D eigenvalue weighted by Gasteiger charge is 2.35. The number of hydrogen-bond acceptors (Lipinski definition) is 10. The van der Waals surface area contributed by atoms with Crippen LogP contribution >= 0.6 is 0 Å². The number of ether oxygens (including phenoxy) is 1. The lowest BCUT2D eigenvalue weighted by molar-refractivity contribution is -0.146. The van der Waals surface area contributed by atoms with Crippen molar-refractivity contribution in [2.24, 2.45) is 0 Å². The zero-order chi connectivity index (χ0) is 28.2. The molecule has 0 bridgehead atoms. The summed E-state index contributed by atoms with van der Waals surface area (Å²) in [4.78, 5) is 53.3. The van der Waals surface area contributed by atoms with Crippen LogP contribution in [0.4, 0.5) is 0 Å². The number of nitrogens with one attached hydrogen (secondary N) is 1. The lowest BCUT2D eigenvalue weighted by Crippen LogP contribution is -2.55. The Hall–Kier alpha value is -2.78. The molecule has 216 valence electrons. The second-order valence-electron chi connectivity index (χ2n) is 9.88. The van der Waals surface area contributed by atoms with Gasteiger partial charge in [-0.2, -0.15) is 0 Å². The third-order valence-electron chi connectivity index (χ3n) is 6.77. The molecule has 2 fully saturated rings. The van der Waals surface area contributed by atoms with E-state index in [4.69, 9.17) is 4.74 Å². The van der Waals surface area contributed by atoms with E-state index in [9.17, 15) is 39.6 Å². The normalized spacial score (nSPS) is 23.8. The molecule has 0 saturated carbocycles. The molecule has 2 aliphatic rings. The highest BCUT2D eigenvalue weighted by atomic mass is 16.5. The van der Waals surface area contributed by atoms with E-state index in [2.05, 4.69) is 11.9 Å². The quantitative estimate of drug-likeness (QED) is 0.182. The first-order valence-corrected chi connectivity index (χ1v) is 12.8. The fourth-order valence-corrected chi connectivity index (χ4v) is 4.76. The second-order valence-corrected chi connectivity index (χ2v) is 9.88. The molecular weight excluding hydrogens is 502 g/mol. The Labute approximate surface area is 222 Å². The van der Waals surface area contributed by atoms with Crippen LogP contribution in [0.1, 0.15) is 19.8 Å². The summed E-state index contributed by atoms with van der Waals surface area (Å²) < 4.78 is 5.62. The molecule has 3 unspecified atom stereocenters. The van der Waals surface area contributed by atoms with Gasteiger partial charge in [0.1, 0.15) is 6.04 Å². The standard InChI is InChI=1S/C24H41N5O9/c1-17(2)25-18-16-38-20(18)4-3-19(24(36)37)29-11-9-27(14-22(32)33)7-5-26(13-21(30)31)6-8-28(10-12-29)15-23(34)35/h18-20,25H,1,3-16H2,2H3,(H,30,31)(H,32,33)(H,34,35)(H,36,37). The minimum absolute atomic E-state index is 0.0686. The molecule has 0 amide bonds. The largest absolute Gasteiger partial charge is 0.480 e. The first kappa shape index (κ1) is 31.4. The van der Waals surface area contributed by atoms with Gasteiger partial charge >= 0.3 is 23.9 Å². The molecular formula is C24H41N5O9. The summed E-state index contributed by atoms with van der Waals surface area (Å²) in [7, 11) is 0. The predicted molar refractivity (Wildman–Crippen MR) is 136 cm³/mol. The molecule has 38 heavy (non-hydrogen) atoms. The van der Waals surface area contributed by atoms with Gasteiger partial charge in [-0.25, -0.2) is 0 Å². The number of allylic oxidation sites excluding steroid dienone is 1. The first-order valence-electron chi connectivity index (χ1n) is 12.8. The van der Waals surface area contributed by atoms with Crippen molar-refractivity contribution in [1.82, 2.24) is 24.9 Å². The minimum atomic E-state index is -1.03. The smallest absolute Gasteiger partial charge is 0.320 e. The maximum absolute atomic E-state index is 12.3. The Morgan fingerprint density at radius 3 is 1.55 bits per heavy atom. The van der Waals surface area contributed by atoms with Gasteiger partial charge in [0.2, 0.25) is 0 Å². The summed E-state index contributed by atoms with van der Waals surface area (Å²) in [5.41, 5.74) is 0.806. The van der Waals surface area contributed by atoms with Gasteiger partial charge in [-0.05, 0) is 19.8 Å². The van der Waals surface area contributed by atoms with Crippen molar-refractivity contribution in [2.45, 2.75) is 38.0 Å². The lowest BCUT2D eigenvalue weighted by atomic mass is 9.97. The Morgan fingerprint density at radius 1 is 0.816 bits per heavy atom. The Balaban J connectivity index is 2.18. The summed E-state index contributed by atoms with van der Waals surface area (Å²) in [5.74, 6) is -4.11. The fourth-order valence-electron chi connectivity index (χ4n) is 4.76. The number of rotatable bonds is 13. The molecule has 2 saturated heterocycles. The van der Waals surface area contributed by atoms with Crippen molar-refractivity contribution >= 4 is 23.9 Å². The van der Waals surface area contributed by atoms with Gasteiger partial charge in [-0.3, -0.25) is 38.8 Å². The molecule has 2 aliphatic heterocycles. The van der Waals surface area contributed by atoms with E-state index in [-0.39, 0.29) is 84.1 Å². The van der Waals surface area contributed by atoms with Crippen LogP contribution in [-0.2, 0) is 23.9 Å². The molecule has 0 spiro atoms. The topological polar surface area (TPSA) is 183 Å². The first-order chi connectivity index (χ1) is 17.9. The SMILES string of the molecule is C=C(C)NC1COC1CCC(C(=O)O)N1CCN(CC(=O)O)CCN(CC(=O)O)CCN(CC(=O)O)CC1. The predicted octanol–water partition coefficient (Wildman–Crippen LogP) is -1.41. The molecule has 2 heterocycles. The highest BCUT2D eigenvalue weighted by molar-refractivity contribution is 5.73. The fraction of sp³-hybridized carbons (Fsp3) is 0.750. The zero-order valence-electron chi connectivity index (χ0n) is 22.0. The van der Waals surface area contributed by atoms with Gasteiger partial charge in [0.05, 0.1) is 38.4 Å². The van der Waals surface area contributed by atoms with E-state index < -0.39 is 29.9 Å². The Morgan fingerprint density at radius 2 is 1.24 bits per heavy atom. The number of aliphatic carboxylic acids is 4. The van der Waals surface area contributed by atoms with Crippen LogP contribution < -0.4 is 5.32 Å². The molecule has 2 rings (SSSR count). The Kier molecular flexibility index (Phi) is 12.9. The van der Waals surface area contributed by atoms with Crippen molar-refractivity contribution in [3.63, 3.8) is 0 Å². The van der Waals surface area contributed by atoms with E-state index in [1.807, 2.05) is 6.92 Å². The molecule has 3 atom stereocenters. The molecule has 5 N–H and O–H groups in total. The van der Waals surface area contributed by atoms with Gasteiger partial charge in [-0.1, -0.05) is 6.58 Å². The minimum Gasteiger partial charge on any atom is -0.480 e. The third-order valence-corrected chi connectivity index (χ3v) is 6.77. The van der Waals surface area contributed by atoms with E-state index >= 15 is 0 Å². The molecule has 0 aromatic rings. The van der Waals surface area contributed by atoms with Crippen LogP contribution in [0.25, 0.3) is 0 Å². The van der Waals surface area contributed by atoms with Crippen LogP contribution in [0.3, 0.4) is 0 Å². The van der Waals surface area contributed by atoms with Crippen molar-refractivity contribution in [2.75, 3.05) is 78.6 Å². The molecule has 0 radical (unpaired) electrons. The van der Waals surface area contributed by atoms with Crippen LogP contribution in [0, 0.1) is 0 Å². The molecule has 14 nitrogen and oxygen atoms in total. The number of carboxylic acid groups (broad SMARTS) is 4. The summed E-state index contributed by atoms with van der Waals surface area (Å²) in [6, 6.07) is -0.798. The summed E-state index contributed by atoms with van der Waals surface area (Å²) in [6.45, 7) is 7.55. The van der Waals surface area contributed by atoms with Crippen molar-refractivity contribution in [3.05, 3.63) is 12.3 Å². The molecule has 0 aromatic carbocycles. The van der Waals surface area contributed by atoms with Crippen molar-refractivity contribution < 1.29 is 44.3 Å². The lowest BCUT2D eigenvalue weighted by Gasteiger charge is -2.40. The number of nitrogens with zero attached hydrogens (tertiary/aromatic N) is 4. The second kappa shape index (κ2) is 15.6. The summed E-state index contributed by atoms with van der Waals surface area (Å²) >= 11 is 0. The average molecular weight is 544 g/mol. The zero-order valence-corrected chi connectivity index (χ0v) is 22.0. The van der Waals surface area contributed by atoms with Gasteiger partial charge in [0.25, 0.3) is 0 Å². The van der Waals surface area contributed by atoms with Gasteiger partial charge in [-0.15, -0.1) is 0 Å². The van der Waals surface area contributed by atoms with E-state index in [0.29, 0.717) is 19.4 Å². The van der Waals surface area contributed by atoms with Crippen LogP contribution in [0.5, 0.6) is 0 Å². The molecule has 14 heteroatoms. The Bertz CT molecular complexity index is 810. The number of carboxylic acids is 4. The maximum Gasteiger partial charge on any atom is 0.320 e.